The summed E-state index contributed by atoms with van der Waals surface area (Å²) in [6, 6.07) is 4.78. The van der Waals surface area contributed by atoms with Gasteiger partial charge in [-0.3, -0.25) is 4.79 Å². The number of aryl methyl sites for hydroxylation is 1. The molecular weight excluding hydrogens is 401 g/mol. The van der Waals surface area contributed by atoms with E-state index in [1.165, 1.54) is 16.4 Å². The summed E-state index contributed by atoms with van der Waals surface area (Å²) in [7, 11) is -3.76. The van der Waals surface area contributed by atoms with E-state index in [0.29, 0.717) is 50.7 Å². The number of halogens is 1. The van der Waals surface area contributed by atoms with E-state index in [1.807, 2.05) is 0 Å². The maximum Gasteiger partial charge on any atom is 0.243 e. The summed E-state index contributed by atoms with van der Waals surface area (Å²) in [5.74, 6) is -0.459. The number of hydrogen-bond donors (Lipinski definition) is 0. The molecule has 0 aliphatic carbocycles. The van der Waals surface area contributed by atoms with Gasteiger partial charge in [-0.2, -0.15) is 4.31 Å². The summed E-state index contributed by atoms with van der Waals surface area (Å²) in [6.45, 7) is 3.01. The van der Waals surface area contributed by atoms with Gasteiger partial charge in [0.2, 0.25) is 15.9 Å². The summed E-state index contributed by atoms with van der Waals surface area (Å²) in [5.41, 5.74) is 1.32. The van der Waals surface area contributed by atoms with Crippen LogP contribution in [0.15, 0.2) is 29.2 Å². The van der Waals surface area contributed by atoms with Crippen molar-refractivity contribution in [3.63, 3.8) is 0 Å². The SMILES string of the molecule is O=C(CCc1nnn2c1CN(S(=O)(=O)c1ccc(F)cc1)CC2)N1CCOCC1. The first-order valence-corrected chi connectivity index (χ1v) is 10.9. The van der Waals surface area contributed by atoms with Crippen LogP contribution in [0.1, 0.15) is 17.8 Å². The molecule has 2 aliphatic heterocycles. The first kappa shape index (κ1) is 19.9. The lowest BCUT2D eigenvalue weighted by atomic mass is 10.1. The van der Waals surface area contributed by atoms with Crippen LogP contribution in [-0.4, -0.2) is 71.4 Å². The highest BCUT2D eigenvalue weighted by Crippen LogP contribution is 2.23. The largest absolute Gasteiger partial charge is 0.378 e. The van der Waals surface area contributed by atoms with E-state index in [4.69, 9.17) is 4.74 Å². The molecule has 0 unspecified atom stereocenters. The third-order valence-corrected chi connectivity index (χ3v) is 7.06. The predicted molar refractivity (Wildman–Crippen MR) is 99.7 cm³/mol. The first-order chi connectivity index (χ1) is 13.9. The molecule has 0 N–H and O–H groups in total. The Balaban J connectivity index is 1.46. The molecule has 1 fully saturated rings. The molecule has 0 saturated carbocycles. The van der Waals surface area contributed by atoms with Crippen molar-refractivity contribution >= 4 is 15.9 Å². The van der Waals surface area contributed by atoms with Gasteiger partial charge in [0.05, 0.1) is 42.6 Å². The monoisotopic (exact) mass is 423 g/mol. The molecule has 0 spiro atoms. The van der Waals surface area contributed by atoms with Gasteiger partial charge in [0.25, 0.3) is 0 Å². The highest BCUT2D eigenvalue weighted by Gasteiger charge is 2.31. The fourth-order valence-electron chi connectivity index (χ4n) is 3.52. The third-order valence-electron chi connectivity index (χ3n) is 5.20. The van der Waals surface area contributed by atoms with Crippen molar-refractivity contribution < 1.29 is 22.3 Å². The van der Waals surface area contributed by atoms with Gasteiger partial charge < -0.3 is 9.64 Å². The van der Waals surface area contributed by atoms with Gasteiger partial charge in [-0.15, -0.1) is 5.10 Å². The Labute approximate surface area is 168 Å². The molecular formula is C18H22FN5O4S. The summed E-state index contributed by atoms with van der Waals surface area (Å²) in [5, 5.41) is 8.26. The number of morpholine rings is 1. The Kier molecular flexibility index (Phi) is 5.61. The number of nitrogens with zero attached hydrogens (tertiary/aromatic N) is 5. The number of benzene rings is 1. The molecule has 1 aromatic carbocycles. The van der Waals surface area contributed by atoms with Crippen LogP contribution in [-0.2, 0) is 39.1 Å². The molecule has 0 radical (unpaired) electrons. The zero-order chi connectivity index (χ0) is 20.4. The van der Waals surface area contributed by atoms with E-state index in [1.54, 1.807) is 9.58 Å². The molecule has 2 aliphatic rings. The fourth-order valence-corrected chi connectivity index (χ4v) is 4.92. The van der Waals surface area contributed by atoms with Crippen LogP contribution in [0.2, 0.25) is 0 Å². The summed E-state index contributed by atoms with van der Waals surface area (Å²) in [6.07, 6.45) is 0.687. The molecule has 3 heterocycles. The van der Waals surface area contributed by atoms with Gasteiger partial charge in [-0.25, -0.2) is 17.5 Å². The number of carbonyl (C=O) groups excluding carboxylic acids is 1. The molecule has 1 amide bonds. The van der Waals surface area contributed by atoms with Crippen LogP contribution in [0.5, 0.6) is 0 Å². The minimum atomic E-state index is -3.76. The lowest BCUT2D eigenvalue weighted by Gasteiger charge is -2.27. The Morgan fingerprint density at radius 2 is 1.83 bits per heavy atom. The number of hydrogen-bond acceptors (Lipinski definition) is 6. The normalized spacial score (nSPS) is 17.9. The number of carbonyl (C=O) groups is 1. The lowest BCUT2D eigenvalue weighted by Crippen LogP contribution is -2.41. The zero-order valence-corrected chi connectivity index (χ0v) is 16.6. The van der Waals surface area contributed by atoms with Crippen molar-refractivity contribution in [2.24, 2.45) is 0 Å². The summed E-state index contributed by atoms with van der Waals surface area (Å²) >= 11 is 0. The number of aromatic nitrogens is 3. The highest BCUT2D eigenvalue weighted by atomic mass is 32.2. The van der Waals surface area contributed by atoms with Crippen LogP contribution in [0.4, 0.5) is 4.39 Å². The van der Waals surface area contributed by atoms with Crippen molar-refractivity contribution in [2.45, 2.75) is 30.8 Å². The van der Waals surface area contributed by atoms with E-state index in [2.05, 4.69) is 10.3 Å². The molecule has 1 aromatic heterocycles. The van der Waals surface area contributed by atoms with E-state index in [0.717, 1.165) is 12.1 Å². The smallest absolute Gasteiger partial charge is 0.243 e. The van der Waals surface area contributed by atoms with Gasteiger partial charge in [0.15, 0.2) is 0 Å². The summed E-state index contributed by atoms with van der Waals surface area (Å²) in [4.78, 5) is 14.2. The van der Waals surface area contributed by atoms with E-state index in [-0.39, 0.29) is 30.3 Å². The lowest BCUT2D eigenvalue weighted by molar-refractivity contribution is -0.135. The molecule has 0 atom stereocenters. The van der Waals surface area contributed by atoms with Crippen LogP contribution in [0, 0.1) is 5.82 Å². The molecule has 156 valence electrons. The summed E-state index contributed by atoms with van der Waals surface area (Å²) < 4.78 is 47.2. The van der Waals surface area contributed by atoms with Crippen molar-refractivity contribution in [3.05, 3.63) is 41.5 Å². The van der Waals surface area contributed by atoms with Crippen LogP contribution in [0.3, 0.4) is 0 Å². The minimum absolute atomic E-state index is 0.0293. The van der Waals surface area contributed by atoms with Crippen molar-refractivity contribution in [1.29, 1.82) is 0 Å². The molecule has 9 nitrogen and oxygen atoms in total. The zero-order valence-electron chi connectivity index (χ0n) is 15.8. The maximum atomic E-state index is 13.1. The number of fused-ring (bicyclic) bond motifs is 1. The van der Waals surface area contributed by atoms with Crippen molar-refractivity contribution in [2.75, 3.05) is 32.8 Å². The van der Waals surface area contributed by atoms with Gasteiger partial charge >= 0.3 is 0 Å². The molecule has 11 heteroatoms. The number of rotatable bonds is 5. The van der Waals surface area contributed by atoms with E-state index in [9.17, 15) is 17.6 Å². The number of ether oxygens (including phenoxy) is 1. The third kappa shape index (κ3) is 4.16. The molecule has 29 heavy (non-hydrogen) atoms. The van der Waals surface area contributed by atoms with Crippen LogP contribution in [0.25, 0.3) is 0 Å². The number of sulfonamides is 1. The average Bonchev–Trinajstić information content (AvgIpc) is 3.15. The van der Waals surface area contributed by atoms with Gasteiger partial charge in [0, 0.05) is 32.5 Å². The predicted octanol–water partition coefficient (Wildman–Crippen LogP) is 0.413. The highest BCUT2D eigenvalue weighted by molar-refractivity contribution is 7.89. The van der Waals surface area contributed by atoms with Gasteiger partial charge in [-0.1, -0.05) is 5.21 Å². The standard InChI is InChI=1S/C18H22FN5O4S/c19-14-1-3-15(4-2-14)29(26,27)23-7-8-24-17(13-23)16(20-21-24)5-6-18(25)22-9-11-28-12-10-22/h1-4H,5-13H2. The van der Waals surface area contributed by atoms with Gasteiger partial charge in [0.1, 0.15) is 5.82 Å². The maximum absolute atomic E-state index is 13.1. The van der Waals surface area contributed by atoms with Crippen molar-refractivity contribution in [3.8, 4) is 0 Å². The topological polar surface area (TPSA) is 97.6 Å². The Morgan fingerprint density at radius 3 is 2.55 bits per heavy atom. The second kappa shape index (κ2) is 8.17. The second-order valence-electron chi connectivity index (χ2n) is 6.99. The first-order valence-electron chi connectivity index (χ1n) is 9.47. The molecule has 2 aromatic rings. The van der Waals surface area contributed by atoms with Crippen LogP contribution < -0.4 is 0 Å². The minimum Gasteiger partial charge on any atom is -0.378 e. The molecule has 0 bridgehead atoms. The second-order valence-corrected chi connectivity index (χ2v) is 8.93. The Hall–Kier alpha value is -2.37. The molecule has 4 rings (SSSR count). The quantitative estimate of drug-likeness (QED) is 0.691. The van der Waals surface area contributed by atoms with Crippen LogP contribution >= 0.6 is 0 Å². The fraction of sp³-hybridized carbons (Fsp3) is 0.500. The Morgan fingerprint density at radius 1 is 1.10 bits per heavy atom. The van der Waals surface area contributed by atoms with Gasteiger partial charge in [-0.05, 0) is 24.3 Å². The Bertz CT molecular complexity index is 986. The van der Waals surface area contributed by atoms with E-state index < -0.39 is 15.8 Å². The molecule has 1 saturated heterocycles. The van der Waals surface area contributed by atoms with E-state index >= 15 is 0 Å². The average molecular weight is 423 g/mol. The number of amides is 1. The van der Waals surface area contributed by atoms with Crippen molar-refractivity contribution in [1.82, 2.24) is 24.2 Å².